The van der Waals surface area contributed by atoms with Crippen LogP contribution >= 0.6 is 11.6 Å². The van der Waals surface area contributed by atoms with Crippen LogP contribution in [-0.2, 0) is 6.42 Å². The van der Waals surface area contributed by atoms with E-state index in [9.17, 15) is 0 Å². The number of hydrogen-bond acceptors (Lipinski definition) is 4. The molecule has 1 aliphatic heterocycles. The number of rotatable bonds is 5. The molecule has 2 aromatic rings. The summed E-state index contributed by atoms with van der Waals surface area (Å²) in [6.45, 7) is 5.47. The Morgan fingerprint density at radius 3 is 2.44 bits per heavy atom. The van der Waals surface area contributed by atoms with Crippen molar-refractivity contribution in [1.82, 2.24) is 5.32 Å². The standard InChI is InChI=1S/C20H24ClNO3/c1-5-25-17-8-12(2)16(21)10-15(17)20-14-11-19(24-4)18(23-3)9-13(14)6-7-22-20/h8-11,20,22H,5-7H2,1-4H3. The van der Waals surface area contributed by atoms with Gasteiger partial charge in [0, 0.05) is 17.1 Å². The van der Waals surface area contributed by atoms with E-state index in [2.05, 4.69) is 17.4 Å². The minimum Gasteiger partial charge on any atom is -0.494 e. The number of fused-ring (bicyclic) bond motifs is 1. The molecule has 0 amide bonds. The van der Waals surface area contributed by atoms with Gasteiger partial charge in [-0.25, -0.2) is 0 Å². The van der Waals surface area contributed by atoms with Gasteiger partial charge < -0.3 is 19.5 Å². The largest absolute Gasteiger partial charge is 0.494 e. The Labute approximate surface area is 154 Å². The van der Waals surface area contributed by atoms with Crippen molar-refractivity contribution in [3.8, 4) is 17.2 Å². The van der Waals surface area contributed by atoms with Crippen LogP contribution in [-0.4, -0.2) is 27.4 Å². The highest BCUT2D eigenvalue weighted by atomic mass is 35.5. The van der Waals surface area contributed by atoms with E-state index in [0.29, 0.717) is 6.61 Å². The number of aryl methyl sites for hydroxylation is 1. The van der Waals surface area contributed by atoms with Crippen LogP contribution in [0.15, 0.2) is 24.3 Å². The van der Waals surface area contributed by atoms with Gasteiger partial charge in [0.1, 0.15) is 5.75 Å². The normalized spacial score (nSPS) is 16.3. The van der Waals surface area contributed by atoms with Crippen LogP contribution in [0.5, 0.6) is 17.2 Å². The molecule has 0 saturated heterocycles. The molecule has 5 heteroatoms. The predicted molar refractivity (Wildman–Crippen MR) is 100 cm³/mol. The molecular weight excluding hydrogens is 338 g/mol. The third-order valence-corrected chi connectivity index (χ3v) is 5.01. The average molecular weight is 362 g/mol. The highest BCUT2D eigenvalue weighted by molar-refractivity contribution is 6.31. The van der Waals surface area contributed by atoms with Crippen LogP contribution in [0.3, 0.4) is 0 Å². The zero-order valence-electron chi connectivity index (χ0n) is 15.1. The van der Waals surface area contributed by atoms with Crippen molar-refractivity contribution in [2.45, 2.75) is 26.3 Å². The van der Waals surface area contributed by atoms with Crippen molar-refractivity contribution in [3.63, 3.8) is 0 Å². The third kappa shape index (κ3) is 3.42. The fourth-order valence-electron chi connectivity index (χ4n) is 3.34. The molecule has 1 aliphatic rings. The van der Waals surface area contributed by atoms with Crippen LogP contribution < -0.4 is 19.5 Å². The van der Waals surface area contributed by atoms with Crippen molar-refractivity contribution < 1.29 is 14.2 Å². The van der Waals surface area contributed by atoms with Gasteiger partial charge in [-0.15, -0.1) is 0 Å². The molecule has 0 bridgehead atoms. The second kappa shape index (κ2) is 7.54. The molecule has 0 aromatic heterocycles. The van der Waals surface area contributed by atoms with Gasteiger partial charge >= 0.3 is 0 Å². The SMILES string of the molecule is CCOc1cc(C)c(Cl)cc1C1NCCc2cc(OC)c(OC)cc21. The summed E-state index contributed by atoms with van der Waals surface area (Å²) in [5.74, 6) is 2.35. The lowest BCUT2D eigenvalue weighted by atomic mass is 9.88. The predicted octanol–water partition coefficient (Wildman–Crippen LogP) is 4.30. The molecule has 0 fully saturated rings. The van der Waals surface area contributed by atoms with Crippen molar-refractivity contribution >= 4 is 11.6 Å². The lowest BCUT2D eigenvalue weighted by Crippen LogP contribution is -2.31. The maximum Gasteiger partial charge on any atom is 0.161 e. The average Bonchev–Trinajstić information content (AvgIpc) is 2.63. The van der Waals surface area contributed by atoms with Gasteiger partial charge in [-0.05, 0) is 61.2 Å². The van der Waals surface area contributed by atoms with Crippen LogP contribution in [0.25, 0.3) is 0 Å². The van der Waals surface area contributed by atoms with Gasteiger partial charge in [0.2, 0.25) is 0 Å². The van der Waals surface area contributed by atoms with Gasteiger partial charge in [0.05, 0.1) is 26.9 Å². The van der Waals surface area contributed by atoms with E-state index in [1.165, 1.54) is 11.1 Å². The van der Waals surface area contributed by atoms with E-state index in [4.69, 9.17) is 25.8 Å². The Bertz CT molecular complexity index is 776. The minimum atomic E-state index is 0.00297. The first-order valence-electron chi connectivity index (χ1n) is 8.50. The number of nitrogens with one attached hydrogen (secondary N) is 1. The van der Waals surface area contributed by atoms with E-state index in [1.54, 1.807) is 14.2 Å². The van der Waals surface area contributed by atoms with Gasteiger partial charge in [-0.2, -0.15) is 0 Å². The molecular formula is C20H24ClNO3. The Morgan fingerprint density at radius 1 is 1.04 bits per heavy atom. The van der Waals surface area contributed by atoms with Crippen molar-refractivity contribution in [1.29, 1.82) is 0 Å². The summed E-state index contributed by atoms with van der Waals surface area (Å²) >= 11 is 6.41. The highest BCUT2D eigenvalue weighted by Crippen LogP contribution is 2.41. The van der Waals surface area contributed by atoms with E-state index < -0.39 is 0 Å². The van der Waals surface area contributed by atoms with Crippen molar-refractivity contribution in [2.75, 3.05) is 27.4 Å². The summed E-state index contributed by atoms with van der Waals surface area (Å²) in [7, 11) is 3.32. The maximum atomic E-state index is 6.41. The van der Waals surface area contributed by atoms with Gasteiger partial charge in [0.25, 0.3) is 0 Å². The van der Waals surface area contributed by atoms with Crippen LogP contribution in [0.2, 0.25) is 5.02 Å². The van der Waals surface area contributed by atoms with Crippen molar-refractivity contribution in [3.05, 3.63) is 51.5 Å². The van der Waals surface area contributed by atoms with E-state index >= 15 is 0 Å². The van der Waals surface area contributed by atoms with Gasteiger partial charge in [0.15, 0.2) is 11.5 Å². The van der Waals surface area contributed by atoms with Gasteiger partial charge in [-0.3, -0.25) is 0 Å². The second-order valence-electron chi connectivity index (χ2n) is 6.12. The third-order valence-electron chi connectivity index (χ3n) is 4.60. The summed E-state index contributed by atoms with van der Waals surface area (Å²) < 4.78 is 16.8. The number of halogens is 1. The lowest BCUT2D eigenvalue weighted by molar-refractivity contribution is 0.332. The molecule has 1 unspecified atom stereocenters. The zero-order chi connectivity index (χ0) is 18.0. The summed E-state index contributed by atoms with van der Waals surface area (Å²) in [6, 6.07) is 8.14. The monoisotopic (exact) mass is 361 g/mol. The molecule has 0 spiro atoms. The first-order valence-corrected chi connectivity index (χ1v) is 8.87. The Kier molecular flexibility index (Phi) is 5.40. The molecule has 2 aromatic carbocycles. The number of hydrogen-bond donors (Lipinski definition) is 1. The Morgan fingerprint density at radius 2 is 1.76 bits per heavy atom. The number of benzene rings is 2. The molecule has 4 nitrogen and oxygen atoms in total. The minimum absolute atomic E-state index is 0.00297. The number of methoxy groups -OCH3 is 2. The van der Waals surface area contributed by atoms with Crippen LogP contribution in [0.4, 0.5) is 0 Å². The molecule has 134 valence electrons. The molecule has 0 saturated carbocycles. The smallest absolute Gasteiger partial charge is 0.161 e. The molecule has 1 atom stereocenters. The first kappa shape index (κ1) is 17.9. The van der Waals surface area contributed by atoms with E-state index in [0.717, 1.165) is 46.4 Å². The molecule has 0 aliphatic carbocycles. The summed E-state index contributed by atoms with van der Waals surface area (Å²) in [5, 5.41) is 4.33. The zero-order valence-corrected chi connectivity index (χ0v) is 15.9. The molecule has 1 N–H and O–H groups in total. The van der Waals surface area contributed by atoms with E-state index in [-0.39, 0.29) is 6.04 Å². The molecule has 0 radical (unpaired) electrons. The second-order valence-corrected chi connectivity index (χ2v) is 6.52. The Balaban J connectivity index is 2.13. The highest BCUT2D eigenvalue weighted by Gasteiger charge is 2.27. The van der Waals surface area contributed by atoms with Gasteiger partial charge in [-0.1, -0.05) is 11.6 Å². The fourth-order valence-corrected chi connectivity index (χ4v) is 3.51. The summed E-state index contributed by atoms with van der Waals surface area (Å²) in [6.07, 6.45) is 0.940. The maximum absolute atomic E-state index is 6.41. The lowest BCUT2D eigenvalue weighted by Gasteiger charge is -2.30. The topological polar surface area (TPSA) is 39.7 Å². The van der Waals surface area contributed by atoms with Crippen LogP contribution in [0, 0.1) is 6.92 Å². The summed E-state index contributed by atoms with van der Waals surface area (Å²) in [4.78, 5) is 0. The number of ether oxygens (including phenoxy) is 3. The van der Waals surface area contributed by atoms with Crippen molar-refractivity contribution in [2.24, 2.45) is 0 Å². The molecule has 25 heavy (non-hydrogen) atoms. The summed E-state index contributed by atoms with van der Waals surface area (Å²) in [5.41, 5.74) is 4.48. The first-order chi connectivity index (χ1) is 12.1. The Hall–Kier alpha value is -1.91. The van der Waals surface area contributed by atoms with Crippen LogP contribution in [0.1, 0.15) is 35.2 Å². The fraction of sp³-hybridized carbons (Fsp3) is 0.400. The molecule has 3 rings (SSSR count). The van der Waals surface area contributed by atoms with E-state index in [1.807, 2.05) is 26.0 Å². The quantitative estimate of drug-likeness (QED) is 0.861. The molecule has 1 heterocycles.